The minimum atomic E-state index is -0.281. The third-order valence-corrected chi connectivity index (χ3v) is 4.48. The van der Waals surface area contributed by atoms with Gasteiger partial charge in [0, 0.05) is 10.9 Å². The molecule has 8 heteroatoms. The Bertz CT molecular complexity index is 957. The lowest BCUT2D eigenvalue weighted by Gasteiger charge is -2.13. The molecule has 144 valence electrons. The van der Waals surface area contributed by atoms with E-state index in [0.29, 0.717) is 34.5 Å². The molecule has 28 heavy (non-hydrogen) atoms. The minimum Gasteiger partial charge on any atom is -0.493 e. The molecule has 2 aromatic carbocycles. The van der Waals surface area contributed by atoms with Crippen molar-refractivity contribution in [3.63, 3.8) is 0 Å². The number of methoxy groups -OCH3 is 1. The predicted octanol–water partition coefficient (Wildman–Crippen LogP) is 3.01. The molecule has 0 spiro atoms. The van der Waals surface area contributed by atoms with Crippen molar-refractivity contribution in [3.05, 3.63) is 70.7 Å². The highest BCUT2D eigenvalue weighted by Gasteiger charge is 2.10. The van der Waals surface area contributed by atoms with Gasteiger partial charge in [-0.1, -0.05) is 36.4 Å². The summed E-state index contributed by atoms with van der Waals surface area (Å²) in [7, 11) is 1.58. The van der Waals surface area contributed by atoms with Crippen LogP contribution in [0.2, 0.25) is 0 Å². The molecule has 0 fully saturated rings. The normalized spacial score (nSPS) is 10.8. The van der Waals surface area contributed by atoms with Crippen LogP contribution in [-0.2, 0) is 17.8 Å². The molecule has 0 radical (unpaired) electrons. The maximum absolute atomic E-state index is 12.0. The first kappa shape index (κ1) is 19.4. The molecule has 0 saturated carbocycles. The van der Waals surface area contributed by atoms with Crippen molar-refractivity contribution >= 4 is 28.6 Å². The standard InChI is InChI=1S/C20H20N4O3S/c1-26-17-9-5-8-15(19(17)27-12-14-6-3-2-4-7-14)11-22-24-18(25)10-16-13-28-20(21)23-16/h2-9,11,13H,10,12H2,1H3,(H2,21,23)(H,24,25)/b22-11+. The van der Waals surface area contributed by atoms with Crippen molar-refractivity contribution in [1.29, 1.82) is 0 Å². The fourth-order valence-corrected chi connectivity index (χ4v) is 3.02. The molecule has 0 aliphatic carbocycles. The number of carbonyl (C=O) groups excluding carboxylic acids is 1. The van der Waals surface area contributed by atoms with E-state index >= 15 is 0 Å². The summed E-state index contributed by atoms with van der Waals surface area (Å²) < 4.78 is 11.3. The van der Waals surface area contributed by atoms with Crippen LogP contribution in [0.3, 0.4) is 0 Å². The molecule has 0 aliphatic rings. The number of nitrogens with two attached hydrogens (primary N) is 1. The Balaban J connectivity index is 1.66. The molecule has 3 aromatic rings. The molecule has 0 saturated heterocycles. The highest BCUT2D eigenvalue weighted by molar-refractivity contribution is 7.13. The maximum atomic E-state index is 12.0. The third kappa shape index (κ3) is 5.31. The first-order valence-electron chi connectivity index (χ1n) is 8.51. The molecule has 1 amide bonds. The Labute approximate surface area is 166 Å². The van der Waals surface area contributed by atoms with Crippen LogP contribution in [0.25, 0.3) is 0 Å². The number of rotatable bonds is 8. The third-order valence-electron chi connectivity index (χ3n) is 3.76. The lowest BCUT2D eigenvalue weighted by molar-refractivity contribution is -0.120. The molecule has 7 nitrogen and oxygen atoms in total. The minimum absolute atomic E-state index is 0.112. The van der Waals surface area contributed by atoms with Crippen LogP contribution < -0.4 is 20.6 Å². The maximum Gasteiger partial charge on any atom is 0.246 e. The van der Waals surface area contributed by atoms with E-state index in [1.54, 1.807) is 12.5 Å². The average molecular weight is 396 g/mol. The van der Waals surface area contributed by atoms with Gasteiger partial charge in [-0.25, -0.2) is 10.4 Å². The monoisotopic (exact) mass is 396 g/mol. The highest BCUT2D eigenvalue weighted by Crippen LogP contribution is 2.30. The lowest BCUT2D eigenvalue weighted by atomic mass is 10.2. The molecule has 0 aliphatic heterocycles. The number of nitrogen functional groups attached to an aromatic ring is 1. The SMILES string of the molecule is COc1cccc(/C=N/NC(=O)Cc2csc(N)n2)c1OCc1ccccc1. The van der Waals surface area contributed by atoms with Gasteiger partial charge in [-0.15, -0.1) is 11.3 Å². The van der Waals surface area contributed by atoms with Gasteiger partial charge in [-0.2, -0.15) is 5.10 Å². The quantitative estimate of drug-likeness (QED) is 0.450. The van der Waals surface area contributed by atoms with Crippen molar-refractivity contribution in [2.24, 2.45) is 5.10 Å². The van der Waals surface area contributed by atoms with Crippen LogP contribution in [-0.4, -0.2) is 24.2 Å². The summed E-state index contributed by atoms with van der Waals surface area (Å²) in [4.78, 5) is 16.0. The van der Waals surface area contributed by atoms with Gasteiger partial charge in [0.25, 0.3) is 0 Å². The fourth-order valence-electron chi connectivity index (χ4n) is 2.46. The number of ether oxygens (including phenoxy) is 2. The van der Waals surface area contributed by atoms with Crippen molar-refractivity contribution in [2.45, 2.75) is 13.0 Å². The number of carbonyl (C=O) groups is 1. The first-order chi connectivity index (χ1) is 13.7. The summed E-state index contributed by atoms with van der Waals surface area (Å²) in [6.07, 6.45) is 1.64. The number of nitrogens with one attached hydrogen (secondary N) is 1. The molecule has 0 unspecified atom stereocenters. The van der Waals surface area contributed by atoms with Crippen molar-refractivity contribution < 1.29 is 14.3 Å². The molecule has 3 rings (SSSR count). The Kier molecular flexibility index (Phi) is 6.59. The number of para-hydroxylation sites is 1. The number of benzene rings is 2. The van der Waals surface area contributed by atoms with Crippen LogP contribution in [0.4, 0.5) is 5.13 Å². The van der Waals surface area contributed by atoms with E-state index in [1.807, 2.05) is 48.5 Å². The summed E-state index contributed by atoms with van der Waals surface area (Å²) in [6, 6.07) is 15.3. The van der Waals surface area contributed by atoms with Crippen LogP contribution in [0.1, 0.15) is 16.8 Å². The van der Waals surface area contributed by atoms with Gasteiger partial charge in [0.1, 0.15) is 6.61 Å². The summed E-state index contributed by atoms with van der Waals surface area (Å²) in [6.45, 7) is 0.389. The predicted molar refractivity (Wildman–Crippen MR) is 110 cm³/mol. The zero-order valence-electron chi connectivity index (χ0n) is 15.3. The topological polar surface area (TPSA) is 98.8 Å². The van der Waals surface area contributed by atoms with Crippen LogP contribution in [0.5, 0.6) is 11.5 Å². The Morgan fingerprint density at radius 1 is 1.25 bits per heavy atom. The number of hydrogen-bond acceptors (Lipinski definition) is 7. The van der Waals surface area contributed by atoms with Gasteiger partial charge < -0.3 is 15.2 Å². The molecule has 0 bridgehead atoms. The van der Waals surface area contributed by atoms with E-state index < -0.39 is 0 Å². The number of hydrazone groups is 1. The number of thiazole rings is 1. The zero-order valence-corrected chi connectivity index (χ0v) is 16.1. The number of anilines is 1. The lowest BCUT2D eigenvalue weighted by Crippen LogP contribution is -2.20. The molecular formula is C20H20N4O3S. The number of nitrogens with zero attached hydrogens (tertiary/aromatic N) is 2. The highest BCUT2D eigenvalue weighted by atomic mass is 32.1. The van der Waals surface area contributed by atoms with Gasteiger partial charge in [-0.05, 0) is 17.7 Å². The van der Waals surface area contributed by atoms with E-state index in [-0.39, 0.29) is 12.3 Å². The second-order valence-electron chi connectivity index (χ2n) is 5.80. The van der Waals surface area contributed by atoms with E-state index in [9.17, 15) is 4.79 Å². The Morgan fingerprint density at radius 3 is 2.79 bits per heavy atom. The summed E-state index contributed by atoms with van der Waals surface area (Å²) in [5.41, 5.74) is 10.4. The zero-order chi connectivity index (χ0) is 19.8. The first-order valence-corrected chi connectivity index (χ1v) is 9.39. The molecule has 3 N–H and O–H groups in total. The number of amides is 1. The van der Waals surface area contributed by atoms with Crippen molar-refractivity contribution in [3.8, 4) is 11.5 Å². The molecule has 1 aromatic heterocycles. The van der Waals surface area contributed by atoms with E-state index in [2.05, 4.69) is 15.5 Å². The molecule has 1 heterocycles. The Morgan fingerprint density at radius 2 is 2.07 bits per heavy atom. The van der Waals surface area contributed by atoms with E-state index in [1.165, 1.54) is 17.6 Å². The summed E-state index contributed by atoms with van der Waals surface area (Å²) in [5.74, 6) is 0.861. The van der Waals surface area contributed by atoms with Crippen molar-refractivity contribution in [2.75, 3.05) is 12.8 Å². The number of aromatic nitrogens is 1. The second-order valence-corrected chi connectivity index (χ2v) is 6.69. The van der Waals surface area contributed by atoms with Gasteiger partial charge in [0.15, 0.2) is 16.6 Å². The smallest absolute Gasteiger partial charge is 0.246 e. The van der Waals surface area contributed by atoms with Crippen LogP contribution in [0.15, 0.2) is 59.0 Å². The Hall–Kier alpha value is -3.39. The average Bonchev–Trinajstić information content (AvgIpc) is 3.12. The van der Waals surface area contributed by atoms with Crippen molar-refractivity contribution in [1.82, 2.24) is 10.4 Å². The van der Waals surface area contributed by atoms with Gasteiger partial charge in [0.05, 0.1) is 25.4 Å². The number of hydrogen-bond donors (Lipinski definition) is 2. The largest absolute Gasteiger partial charge is 0.493 e. The van der Waals surface area contributed by atoms with Crippen LogP contribution in [0, 0.1) is 0 Å². The molecular weight excluding hydrogens is 376 g/mol. The second kappa shape index (κ2) is 9.52. The summed E-state index contributed by atoms with van der Waals surface area (Å²) >= 11 is 1.29. The van der Waals surface area contributed by atoms with E-state index in [4.69, 9.17) is 15.2 Å². The van der Waals surface area contributed by atoms with Gasteiger partial charge in [0.2, 0.25) is 5.91 Å². The van der Waals surface area contributed by atoms with E-state index in [0.717, 1.165) is 5.56 Å². The van der Waals surface area contributed by atoms with Gasteiger partial charge >= 0.3 is 0 Å². The van der Waals surface area contributed by atoms with Crippen LogP contribution >= 0.6 is 11.3 Å². The molecule has 0 atom stereocenters. The van der Waals surface area contributed by atoms with Gasteiger partial charge in [-0.3, -0.25) is 4.79 Å². The fraction of sp³-hybridized carbons (Fsp3) is 0.150. The summed E-state index contributed by atoms with van der Waals surface area (Å²) in [5, 5.41) is 6.20.